The van der Waals surface area contributed by atoms with Crippen molar-refractivity contribution in [3.63, 3.8) is 0 Å². The molecular weight excluding hydrogens is 440 g/mol. The topological polar surface area (TPSA) is 60.7 Å². The number of allylic oxidation sites excluding steroid dienone is 3. The van der Waals surface area contributed by atoms with Crippen LogP contribution in [0.25, 0.3) is 0 Å². The van der Waals surface area contributed by atoms with Crippen LogP contribution >= 0.6 is 11.3 Å². The molecule has 0 bridgehead atoms. The van der Waals surface area contributed by atoms with Crippen LogP contribution in [-0.4, -0.2) is 27.5 Å². The molecule has 0 radical (unpaired) electrons. The maximum Gasteiger partial charge on any atom is 0.0882 e. The number of hydrogen-bond donors (Lipinski definition) is 3. The largest absolute Gasteiger partial charge is 0.393 e. The monoisotopic (exact) mass is 484 g/mol. The Balaban J connectivity index is 1.38. The number of aliphatic hydroxyl groups is 3. The predicted molar refractivity (Wildman–Crippen MR) is 142 cm³/mol. The van der Waals surface area contributed by atoms with Crippen molar-refractivity contribution in [2.24, 2.45) is 23.2 Å². The molecule has 7 atom stereocenters. The van der Waals surface area contributed by atoms with Gasteiger partial charge in [0.15, 0.2) is 0 Å². The zero-order chi connectivity index (χ0) is 24.5. The number of fused-ring (bicyclic) bond motifs is 1. The molecule has 4 heteroatoms. The molecule has 3 aliphatic rings. The van der Waals surface area contributed by atoms with Gasteiger partial charge in [0.05, 0.1) is 18.3 Å². The molecule has 0 aromatic carbocycles. The van der Waals surface area contributed by atoms with Gasteiger partial charge in [-0.15, -0.1) is 11.3 Å². The van der Waals surface area contributed by atoms with Gasteiger partial charge in [0, 0.05) is 11.3 Å². The van der Waals surface area contributed by atoms with Gasteiger partial charge < -0.3 is 15.3 Å². The van der Waals surface area contributed by atoms with Crippen LogP contribution in [0, 0.1) is 30.1 Å². The van der Waals surface area contributed by atoms with Crippen LogP contribution in [0.3, 0.4) is 0 Å². The zero-order valence-corrected chi connectivity index (χ0v) is 22.1. The summed E-state index contributed by atoms with van der Waals surface area (Å²) in [4.78, 5) is 1.11. The van der Waals surface area contributed by atoms with Gasteiger partial charge in [-0.3, -0.25) is 0 Å². The highest BCUT2D eigenvalue weighted by Gasteiger charge is 2.50. The van der Waals surface area contributed by atoms with Crippen molar-refractivity contribution >= 4 is 11.3 Å². The standard InChI is InChI=1S/C30H44O3S/c1-19-15-29(34-18-19)27(32)9-5-7-20(2)25-12-13-26-22(8-6-14-30(25,26)4)10-11-23-16-24(31)17-28(33)21(23)3/h10-11,15,18,20,24-28,31-33H,3,5-9,12-14,16-17H2,1-2,4H3/b22-10+,23-11-/t20-,24+,25+,26-,27-,28-,30+/m0/s1. The summed E-state index contributed by atoms with van der Waals surface area (Å²) < 4.78 is 0. The lowest BCUT2D eigenvalue weighted by Gasteiger charge is -2.44. The minimum Gasteiger partial charge on any atom is -0.393 e. The van der Waals surface area contributed by atoms with E-state index in [-0.39, 0.29) is 6.10 Å². The average molecular weight is 485 g/mol. The van der Waals surface area contributed by atoms with E-state index in [0.29, 0.717) is 30.1 Å². The Morgan fingerprint density at radius 2 is 2.03 bits per heavy atom. The summed E-state index contributed by atoms with van der Waals surface area (Å²) in [5, 5.41) is 32.9. The van der Waals surface area contributed by atoms with E-state index in [1.807, 2.05) is 0 Å². The Labute approximate surface area is 210 Å². The number of aryl methyl sites for hydroxylation is 1. The molecule has 4 rings (SSSR count). The van der Waals surface area contributed by atoms with E-state index in [4.69, 9.17) is 0 Å². The number of hydrogen-bond acceptors (Lipinski definition) is 4. The van der Waals surface area contributed by atoms with Gasteiger partial charge in [-0.25, -0.2) is 0 Å². The first-order valence-corrected chi connectivity index (χ1v) is 14.2. The Morgan fingerprint density at radius 1 is 1.24 bits per heavy atom. The summed E-state index contributed by atoms with van der Waals surface area (Å²) in [5.74, 6) is 2.05. The first-order chi connectivity index (χ1) is 16.2. The highest BCUT2D eigenvalue weighted by atomic mass is 32.1. The van der Waals surface area contributed by atoms with Crippen molar-refractivity contribution in [1.82, 2.24) is 0 Å². The van der Waals surface area contributed by atoms with Gasteiger partial charge >= 0.3 is 0 Å². The fourth-order valence-electron chi connectivity index (χ4n) is 7.28. The molecule has 3 aliphatic carbocycles. The summed E-state index contributed by atoms with van der Waals surface area (Å²) in [5.41, 5.74) is 4.94. The molecule has 3 N–H and O–H groups in total. The fraction of sp³-hybridized carbons (Fsp3) is 0.667. The van der Waals surface area contributed by atoms with Gasteiger partial charge in [-0.05, 0) is 103 Å². The fourth-order valence-corrected chi connectivity index (χ4v) is 8.20. The molecule has 1 aromatic rings. The van der Waals surface area contributed by atoms with Gasteiger partial charge in [0.1, 0.15) is 0 Å². The quantitative estimate of drug-likeness (QED) is 0.389. The maximum atomic E-state index is 10.6. The Bertz CT molecular complexity index is 927. The highest BCUT2D eigenvalue weighted by molar-refractivity contribution is 7.10. The Hall–Kier alpha value is -1.20. The van der Waals surface area contributed by atoms with E-state index in [2.05, 4.69) is 50.9 Å². The molecular formula is C30H44O3S. The van der Waals surface area contributed by atoms with E-state index in [0.717, 1.165) is 41.2 Å². The van der Waals surface area contributed by atoms with E-state index < -0.39 is 12.2 Å². The summed E-state index contributed by atoms with van der Waals surface area (Å²) in [6.45, 7) is 11.1. The van der Waals surface area contributed by atoms with E-state index in [9.17, 15) is 15.3 Å². The van der Waals surface area contributed by atoms with Crippen molar-refractivity contribution in [1.29, 1.82) is 0 Å². The lowest BCUT2D eigenvalue weighted by atomic mass is 9.60. The van der Waals surface area contributed by atoms with Crippen molar-refractivity contribution in [3.05, 3.63) is 57.3 Å². The van der Waals surface area contributed by atoms with Crippen LogP contribution in [0.5, 0.6) is 0 Å². The smallest absolute Gasteiger partial charge is 0.0882 e. The lowest BCUT2D eigenvalue weighted by Crippen LogP contribution is -2.36. The first kappa shape index (κ1) is 25.9. The van der Waals surface area contributed by atoms with Crippen LogP contribution in [0.4, 0.5) is 0 Å². The van der Waals surface area contributed by atoms with E-state index in [1.54, 1.807) is 16.9 Å². The van der Waals surface area contributed by atoms with Gasteiger partial charge in [-0.1, -0.05) is 51.0 Å². The summed E-state index contributed by atoms with van der Waals surface area (Å²) in [6.07, 6.45) is 13.4. The molecule has 0 aliphatic heterocycles. The zero-order valence-electron chi connectivity index (χ0n) is 21.3. The van der Waals surface area contributed by atoms with Crippen LogP contribution < -0.4 is 0 Å². The average Bonchev–Trinajstić information content (AvgIpc) is 3.38. The van der Waals surface area contributed by atoms with Crippen LogP contribution in [0.1, 0.15) is 94.6 Å². The minimum atomic E-state index is -0.621. The summed E-state index contributed by atoms with van der Waals surface area (Å²) in [7, 11) is 0. The highest BCUT2D eigenvalue weighted by Crippen LogP contribution is 2.60. The SMILES string of the molecule is C=C1/C(=C\C=C2/CCC[C@]3(C)[C@@H]([C@@H](C)CCC[C@H](O)c4cc(C)cs4)CC[C@@H]23)C[C@@H](O)C[C@@H]1O. The molecule has 0 spiro atoms. The van der Waals surface area contributed by atoms with Crippen molar-refractivity contribution in [3.8, 4) is 0 Å². The lowest BCUT2D eigenvalue weighted by molar-refractivity contribution is 0.0860. The molecule has 3 fully saturated rings. The second-order valence-corrected chi connectivity index (χ2v) is 12.6. The van der Waals surface area contributed by atoms with E-state index in [1.165, 1.54) is 37.7 Å². The van der Waals surface area contributed by atoms with E-state index >= 15 is 0 Å². The number of rotatable bonds is 7. The third kappa shape index (κ3) is 5.46. The predicted octanol–water partition coefficient (Wildman–Crippen LogP) is 7.04. The molecule has 1 aromatic heterocycles. The molecule has 0 amide bonds. The second-order valence-electron chi connectivity index (χ2n) is 11.6. The molecule has 3 nitrogen and oxygen atoms in total. The van der Waals surface area contributed by atoms with Crippen LogP contribution in [-0.2, 0) is 0 Å². The molecule has 3 saturated carbocycles. The van der Waals surface area contributed by atoms with Crippen molar-refractivity contribution < 1.29 is 15.3 Å². The Kier molecular flexibility index (Phi) is 8.24. The molecule has 34 heavy (non-hydrogen) atoms. The molecule has 0 saturated heterocycles. The Morgan fingerprint density at radius 3 is 2.76 bits per heavy atom. The third-order valence-corrected chi connectivity index (χ3v) is 10.4. The second kappa shape index (κ2) is 10.8. The van der Waals surface area contributed by atoms with Gasteiger partial charge in [0.25, 0.3) is 0 Å². The number of thiophene rings is 1. The van der Waals surface area contributed by atoms with Gasteiger partial charge in [-0.2, -0.15) is 0 Å². The van der Waals surface area contributed by atoms with Crippen molar-refractivity contribution in [2.45, 2.75) is 103 Å². The third-order valence-electron chi connectivity index (χ3n) is 9.21. The van der Waals surface area contributed by atoms with Crippen LogP contribution in [0.2, 0.25) is 0 Å². The molecule has 0 unspecified atom stereocenters. The van der Waals surface area contributed by atoms with Crippen molar-refractivity contribution in [2.75, 3.05) is 0 Å². The normalized spacial score (nSPS) is 36.1. The summed E-state index contributed by atoms with van der Waals surface area (Å²) in [6, 6.07) is 2.12. The van der Waals surface area contributed by atoms with Crippen LogP contribution in [0.15, 0.2) is 46.9 Å². The first-order valence-electron chi connectivity index (χ1n) is 13.4. The number of aliphatic hydroxyl groups excluding tert-OH is 3. The molecule has 188 valence electrons. The maximum absolute atomic E-state index is 10.6. The van der Waals surface area contributed by atoms with Gasteiger partial charge in [0.2, 0.25) is 0 Å². The molecule has 1 heterocycles. The summed E-state index contributed by atoms with van der Waals surface area (Å²) >= 11 is 1.68. The minimum absolute atomic E-state index is 0.318.